The van der Waals surface area contributed by atoms with E-state index in [4.69, 9.17) is 4.74 Å². The molecule has 0 aromatic heterocycles. The van der Waals surface area contributed by atoms with E-state index in [2.05, 4.69) is 10.6 Å². The van der Waals surface area contributed by atoms with Crippen LogP contribution in [-0.4, -0.2) is 67.3 Å². The first-order valence-corrected chi connectivity index (χ1v) is 8.69. The number of morpholine rings is 1. The van der Waals surface area contributed by atoms with Gasteiger partial charge in [-0.3, -0.25) is 9.59 Å². The lowest BCUT2D eigenvalue weighted by molar-refractivity contribution is -0.165. The highest BCUT2D eigenvalue weighted by Gasteiger charge is 2.53. The van der Waals surface area contributed by atoms with E-state index in [1.165, 1.54) is 0 Å². The number of likely N-dealkylation sites (tertiary alicyclic amines) is 1. The second kappa shape index (κ2) is 6.09. The van der Waals surface area contributed by atoms with Crippen LogP contribution in [0, 0.1) is 5.41 Å². The third-order valence-electron chi connectivity index (χ3n) is 5.75. The fourth-order valence-corrected chi connectivity index (χ4v) is 4.13. The molecule has 1 aromatic carbocycles. The van der Waals surface area contributed by atoms with Crippen LogP contribution in [0.15, 0.2) is 30.3 Å². The maximum Gasteiger partial charge on any atom is 0.246 e. The molecule has 4 rings (SSSR count). The Balaban J connectivity index is 1.60. The number of aliphatic hydroxyl groups is 1. The maximum absolute atomic E-state index is 12.9. The third-order valence-corrected chi connectivity index (χ3v) is 5.75. The van der Waals surface area contributed by atoms with E-state index in [0.29, 0.717) is 32.6 Å². The van der Waals surface area contributed by atoms with Crippen LogP contribution in [0.3, 0.4) is 0 Å². The Morgan fingerprint density at radius 1 is 1.32 bits per heavy atom. The van der Waals surface area contributed by atoms with E-state index < -0.39 is 11.0 Å². The highest BCUT2D eigenvalue weighted by molar-refractivity contribution is 5.85. The zero-order chi connectivity index (χ0) is 17.5. The number of carbonyl (C=O) groups is 2. The van der Waals surface area contributed by atoms with Gasteiger partial charge < -0.3 is 25.4 Å². The van der Waals surface area contributed by atoms with Gasteiger partial charge in [0.25, 0.3) is 0 Å². The molecule has 25 heavy (non-hydrogen) atoms. The zero-order valence-electron chi connectivity index (χ0n) is 14.0. The van der Waals surface area contributed by atoms with Crippen molar-refractivity contribution in [2.75, 3.05) is 39.4 Å². The van der Waals surface area contributed by atoms with Crippen LogP contribution in [-0.2, 0) is 19.9 Å². The van der Waals surface area contributed by atoms with Crippen molar-refractivity contribution < 1.29 is 19.4 Å². The molecule has 7 heteroatoms. The summed E-state index contributed by atoms with van der Waals surface area (Å²) in [7, 11) is 0. The molecule has 0 bridgehead atoms. The van der Waals surface area contributed by atoms with Gasteiger partial charge in [-0.2, -0.15) is 0 Å². The van der Waals surface area contributed by atoms with Crippen LogP contribution in [0.4, 0.5) is 0 Å². The van der Waals surface area contributed by atoms with Crippen molar-refractivity contribution in [3.8, 4) is 0 Å². The molecule has 0 unspecified atom stereocenters. The molecule has 0 saturated carbocycles. The quantitative estimate of drug-likeness (QED) is 0.668. The molecule has 0 aliphatic carbocycles. The number of rotatable bonds is 3. The van der Waals surface area contributed by atoms with E-state index in [1.807, 2.05) is 30.3 Å². The lowest BCUT2D eigenvalue weighted by Gasteiger charge is -2.52. The molecule has 3 aliphatic rings. The number of hydrogen-bond acceptors (Lipinski definition) is 5. The largest absolute Gasteiger partial charge is 0.395 e. The Labute approximate surface area is 146 Å². The van der Waals surface area contributed by atoms with Gasteiger partial charge in [0.15, 0.2) is 0 Å². The van der Waals surface area contributed by atoms with Gasteiger partial charge in [-0.05, 0) is 12.0 Å². The van der Waals surface area contributed by atoms with Crippen molar-refractivity contribution in [3.63, 3.8) is 0 Å². The number of ether oxygens (including phenoxy) is 1. The topological polar surface area (TPSA) is 90.9 Å². The van der Waals surface area contributed by atoms with Crippen LogP contribution >= 0.6 is 0 Å². The first-order valence-electron chi connectivity index (χ1n) is 8.69. The molecule has 3 heterocycles. The molecular weight excluding hydrogens is 322 g/mol. The van der Waals surface area contributed by atoms with Crippen molar-refractivity contribution in [2.45, 2.75) is 18.1 Å². The number of nitrogens with one attached hydrogen (secondary N) is 2. The van der Waals surface area contributed by atoms with E-state index in [9.17, 15) is 14.7 Å². The molecule has 3 fully saturated rings. The molecule has 2 amide bonds. The molecule has 7 nitrogen and oxygen atoms in total. The summed E-state index contributed by atoms with van der Waals surface area (Å²) in [5.74, 6) is -0.161. The highest BCUT2D eigenvalue weighted by atomic mass is 16.5. The minimum atomic E-state index is -0.704. The highest BCUT2D eigenvalue weighted by Crippen LogP contribution is 2.38. The standard InChI is InChI=1S/C18H23N3O4/c22-12-17(10-19-11-17)16(24)21-7-6-18(13-4-2-1-3-5-13)14(8-21)25-9-15(23)20-18/h1-5,14,19,22H,6-12H2,(H,20,23)/t14-,18+/m1/s1. The van der Waals surface area contributed by atoms with E-state index in [-0.39, 0.29) is 31.1 Å². The first-order chi connectivity index (χ1) is 12.1. The average Bonchev–Trinajstić information content (AvgIpc) is 2.61. The van der Waals surface area contributed by atoms with Crippen LogP contribution in [0.1, 0.15) is 12.0 Å². The summed E-state index contributed by atoms with van der Waals surface area (Å²) < 4.78 is 5.85. The van der Waals surface area contributed by atoms with E-state index in [0.717, 1.165) is 5.56 Å². The summed E-state index contributed by atoms with van der Waals surface area (Å²) in [6.07, 6.45) is 0.294. The lowest BCUT2D eigenvalue weighted by atomic mass is 9.75. The Kier molecular flexibility index (Phi) is 4.02. The van der Waals surface area contributed by atoms with Gasteiger partial charge in [0.05, 0.1) is 17.6 Å². The molecule has 0 radical (unpaired) electrons. The van der Waals surface area contributed by atoms with Gasteiger partial charge in [-0.25, -0.2) is 0 Å². The van der Waals surface area contributed by atoms with Gasteiger partial charge in [0.2, 0.25) is 11.8 Å². The summed E-state index contributed by atoms with van der Waals surface area (Å²) >= 11 is 0. The van der Waals surface area contributed by atoms with E-state index >= 15 is 0 Å². The number of aliphatic hydroxyl groups excluding tert-OH is 1. The second-order valence-corrected chi connectivity index (χ2v) is 7.23. The molecular formula is C18H23N3O4. The van der Waals surface area contributed by atoms with Crippen LogP contribution in [0.2, 0.25) is 0 Å². The Morgan fingerprint density at radius 3 is 2.72 bits per heavy atom. The Bertz CT molecular complexity index is 671. The number of amides is 2. The number of nitrogens with zero attached hydrogens (tertiary/aromatic N) is 1. The minimum absolute atomic E-state index is 0.00792. The van der Waals surface area contributed by atoms with Crippen molar-refractivity contribution >= 4 is 11.8 Å². The minimum Gasteiger partial charge on any atom is -0.395 e. The number of fused-ring (bicyclic) bond motifs is 1. The summed E-state index contributed by atoms with van der Waals surface area (Å²) in [6.45, 7) is 1.80. The van der Waals surface area contributed by atoms with Crippen molar-refractivity contribution in [1.82, 2.24) is 15.5 Å². The maximum atomic E-state index is 12.9. The fraction of sp³-hybridized carbons (Fsp3) is 0.556. The van der Waals surface area contributed by atoms with Crippen LogP contribution in [0.5, 0.6) is 0 Å². The normalized spacial score (nSPS) is 30.8. The molecule has 2 atom stereocenters. The van der Waals surface area contributed by atoms with Gasteiger partial charge in [0.1, 0.15) is 12.7 Å². The smallest absolute Gasteiger partial charge is 0.246 e. The van der Waals surface area contributed by atoms with Crippen molar-refractivity contribution in [1.29, 1.82) is 0 Å². The van der Waals surface area contributed by atoms with E-state index in [1.54, 1.807) is 4.90 Å². The number of piperidine rings is 1. The SMILES string of the molecule is O=C1CO[C@@H]2CN(C(=O)C3(CO)CNC3)CC[C@@]2(c2ccccc2)N1. The van der Waals surface area contributed by atoms with Crippen LogP contribution in [0.25, 0.3) is 0 Å². The molecule has 134 valence electrons. The van der Waals surface area contributed by atoms with Gasteiger partial charge in [0, 0.05) is 26.2 Å². The molecule has 1 aromatic rings. The fourth-order valence-electron chi connectivity index (χ4n) is 4.13. The zero-order valence-corrected chi connectivity index (χ0v) is 14.0. The third kappa shape index (κ3) is 2.54. The van der Waals surface area contributed by atoms with Crippen molar-refractivity contribution in [2.24, 2.45) is 5.41 Å². The molecule has 3 aliphatic heterocycles. The summed E-state index contributed by atoms with van der Waals surface area (Å²) in [6, 6.07) is 9.81. The first kappa shape index (κ1) is 16.5. The van der Waals surface area contributed by atoms with Crippen LogP contribution < -0.4 is 10.6 Å². The molecule has 3 N–H and O–H groups in total. The Morgan fingerprint density at radius 2 is 2.08 bits per heavy atom. The number of benzene rings is 1. The number of carbonyl (C=O) groups excluding carboxylic acids is 2. The summed E-state index contributed by atoms with van der Waals surface area (Å²) in [5, 5.41) is 15.9. The molecule has 3 saturated heterocycles. The monoisotopic (exact) mass is 345 g/mol. The summed E-state index contributed by atoms with van der Waals surface area (Å²) in [4.78, 5) is 26.7. The van der Waals surface area contributed by atoms with Gasteiger partial charge in [-0.15, -0.1) is 0 Å². The number of hydrogen-bond donors (Lipinski definition) is 3. The van der Waals surface area contributed by atoms with Gasteiger partial charge >= 0.3 is 0 Å². The Hall–Kier alpha value is -1.96. The van der Waals surface area contributed by atoms with Crippen molar-refractivity contribution in [3.05, 3.63) is 35.9 Å². The van der Waals surface area contributed by atoms with Gasteiger partial charge in [-0.1, -0.05) is 30.3 Å². The summed E-state index contributed by atoms with van der Waals surface area (Å²) in [5.41, 5.74) is -0.301. The second-order valence-electron chi connectivity index (χ2n) is 7.23. The molecule has 0 spiro atoms. The predicted molar refractivity (Wildman–Crippen MR) is 89.6 cm³/mol. The lowest BCUT2D eigenvalue weighted by Crippen LogP contribution is -2.70. The predicted octanol–water partition coefficient (Wildman–Crippen LogP) is -0.789. The average molecular weight is 345 g/mol.